The highest BCUT2D eigenvalue weighted by molar-refractivity contribution is 5.93. The van der Waals surface area contributed by atoms with Crippen molar-refractivity contribution in [1.29, 1.82) is 0 Å². The van der Waals surface area contributed by atoms with Crippen LogP contribution in [0.1, 0.15) is 36.0 Å². The lowest BCUT2D eigenvalue weighted by atomic mass is 9.92. The highest BCUT2D eigenvalue weighted by atomic mass is 16.5. The Morgan fingerprint density at radius 1 is 1.12 bits per heavy atom. The van der Waals surface area contributed by atoms with Gasteiger partial charge in [-0.05, 0) is 37.8 Å². The summed E-state index contributed by atoms with van der Waals surface area (Å²) in [6.45, 7) is 3.01. The molecule has 1 amide bonds. The number of hydrogen-bond acceptors (Lipinski definition) is 8. The first-order valence-electron chi connectivity index (χ1n) is 11.1. The Bertz CT molecular complexity index is 1070. The van der Waals surface area contributed by atoms with Crippen molar-refractivity contribution in [3.05, 3.63) is 48.7 Å². The monoisotopic (exact) mass is 434 g/mol. The minimum atomic E-state index is -0.132. The van der Waals surface area contributed by atoms with Gasteiger partial charge < -0.3 is 19.7 Å². The van der Waals surface area contributed by atoms with Gasteiger partial charge in [0.1, 0.15) is 18.2 Å². The van der Waals surface area contributed by atoms with Gasteiger partial charge in [-0.25, -0.2) is 9.97 Å². The second kappa shape index (κ2) is 9.44. The van der Waals surface area contributed by atoms with E-state index in [1.807, 2.05) is 18.2 Å². The number of ether oxygens (including phenoxy) is 2. The molecule has 0 spiro atoms. The van der Waals surface area contributed by atoms with Crippen LogP contribution in [0.5, 0.6) is 5.88 Å². The van der Waals surface area contributed by atoms with Crippen LogP contribution in [-0.2, 0) is 4.74 Å². The minimum absolute atomic E-state index is 0.0547. The maximum atomic E-state index is 12.4. The Kier molecular flexibility index (Phi) is 6.06. The fourth-order valence-corrected chi connectivity index (χ4v) is 4.24. The molecule has 9 nitrogen and oxygen atoms in total. The van der Waals surface area contributed by atoms with Crippen molar-refractivity contribution in [2.45, 2.75) is 37.8 Å². The van der Waals surface area contributed by atoms with E-state index in [2.05, 4.69) is 25.2 Å². The van der Waals surface area contributed by atoms with E-state index in [1.165, 1.54) is 18.7 Å². The van der Waals surface area contributed by atoms with Crippen molar-refractivity contribution >= 4 is 22.6 Å². The third-order valence-corrected chi connectivity index (χ3v) is 6.00. The summed E-state index contributed by atoms with van der Waals surface area (Å²) >= 11 is 0. The van der Waals surface area contributed by atoms with Gasteiger partial charge in [0.05, 0.1) is 29.7 Å². The third kappa shape index (κ3) is 4.62. The molecule has 5 rings (SSSR count). The molecule has 1 N–H and O–H groups in total. The van der Waals surface area contributed by atoms with Gasteiger partial charge in [-0.15, -0.1) is 0 Å². The zero-order valence-corrected chi connectivity index (χ0v) is 17.8. The molecule has 0 radical (unpaired) electrons. The van der Waals surface area contributed by atoms with Gasteiger partial charge >= 0.3 is 0 Å². The van der Waals surface area contributed by atoms with Crippen LogP contribution in [0, 0.1) is 0 Å². The molecule has 0 unspecified atom stereocenters. The van der Waals surface area contributed by atoms with Crippen molar-refractivity contribution in [1.82, 2.24) is 25.3 Å². The Hall–Kier alpha value is -3.33. The van der Waals surface area contributed by atoms with E-state index in [0.717, 1.165) is 55.5 Å². The quantitative estimate of drug-likeness (QED) is 0.653. The van der Waals surface area contributed by atoms with Crippen molar-refractivity contribution < 1.29 is 14.3 Å². The summed E-state index contributed by atoms with van der Waals surface area (Å²) in [7, 11) is 0. The summed E-state index contributed by atoms with van der Waals surface area (Å²) in [4.78, 5) is 31.8. The van der Waals surface area contributed by atoms with Crippen LogP contribution in [0.15, 0.2) is 43.1 Å². The van der Waals surface area contributed by atoms with Crippen LogP contribution in [0.3, 0.4) is 0 Å². The fourth-order valence-electron chi connectivity index (χ4n) is 4.24. The molecule has 1 aliphatic heterocycles. The first kappa shape index (κ1) is 20.6. The molecule has 0 atom stereocenters. The molecule has 1 saturated carbocycles. The van der Waals surface area contributed by atoms with Gasteiger partial charge in [0.2, 0.25) is 5.88 Å². The molecule has 1 saturated heterocycles. The normalized spacial score (nSPS) is 21.3. The number of carbonyl (C=O) groups is 1. The van der Waals surface area contributed by atoms with Gasteiger partial charge in [0.25, 0.3) is 5.91 Å². The molecule has 4 heterocycles. The van der Waals surface area contributed by atoms with Crippen molar-refractivity contribution in [2.75, 3.05) is 31.2 Å². The second-order valence-electron chi connectivity index (χ2n) is 8.15. The highest BCUT2D eigenvalue weighted by Gasteiger charge is 2.25. The van der Waals surface area contributed by atoms with E-state index < -0.39 is 0 Å². The maximum Gasteiger partial charge on any atom is 0.254 e. The van der Waals surface area contributed by atoms with E-state index >= 15 is 0 Å². The molecule has 9 heteroatoms. The Balaban J connectivity index is 1.25. The van der Waals surface area contributed by atoms with Crippen molar-refractivity contribution in [2.24, 2.45) is 0 Å². The Morgan fingerprint density at radius 2 is 1.91 bits per heavy atom. The summed E-state index contributed by atoms with van der Waals surface area (Å²) in [6.07, 6.45) is 9.73. The van der Waals surface area contributed by atoms with Crippen LogP contribution in [0.2, 0.25) is 0 Å². The molecular weight excluding hydrogens is 408 g/mol. The second-order valence-corrected chi connectivity index (χ2v) is 8.15. The smallest absolute Gasteiger partial charge is 0.254 e. The zero-order chi connectivity index (χ0) is 21.8. The lowest BCUT2D eigenvalue weighted by molar-refractivity contribution is 0.0891. The average molecular weight is 435 g/mol. The summed E-state index contributed by atoms with van der Waals surface area (Å²) in [5, 5.41) is 4.00. The van der Waals surface area contributed by atoms with Crippen LogP contribution >= 0.6 is 0 Å². The summed E-state index contributed by atoms with van der Waals surface area (Å²) in [5.41, 5.74) is 1.36. The predicted octanol–water partition coefficient (Wildman–Crippen LogP) is 2.38. The van der Waals surface area contributed by atoms with E-state index in [1.54, 1.807) is 6.20 Å². The van der Waals surface area contributed by atoms with Crippen LogP contribution in [0.25, 0.3) is 10.9 Å². The first-order valence-corrected chi connectivity index (χ1v) is 11.1. The minimum Gasteiger partial charge on any atom is -0.474 e. The van der Waals surface area contributed by atoms with Crippen LogP contribution < -0.4 is 15.0 Å². The predicted molar refractivity (Wildman–Crippen MR) is 119 cm³/mol. The average Bonchev–Trinajstić information content (AvgIpc) is 2.86. The number of rotatable bonds is 5. The van der Waals surface area contributed by atoms with Gasteiger partial charge in [-0.1, -0.05) is 0 Å². The number of nitrogens with zero attached hydrogens (tertiary/aromatic N) is 5. The van der Waals surface area contributed by atoms with Gasteiger partial charge in [0.15, 0.2) is 0 Å². The van der Waals surface area contributed by atoms with Crippen molar-refractivity contribution in [3.63, 3.8) is 0 Å². The molecule has 2 fully saturated rings. The van der Waals surface area contributed by atoms with E-state index in [0.29, 0.717) is 24.7 Å². The summed E-state index contributed by atoms with van der Waals surface area (Å²) in [5.74, 6) is 1.37. The molecule has 3 aromatic rings. The highest BCUT2D eigenvalue weighted by Crippen LogP contribution is 2.31. The standard InChI is InChI=1S/C23H26N6O3/c30-22(16-13-24-15-25-14-16)27-17-3-5-18(6-4-17)32-23-19-2-1-7-26-20(19)12-21(28-23)29-8-10-31-11-9-29/h1-2,7,12-15,17-18H,3-6,8-11H2,(H,27,30). The van der Waals surface area contributed by atoms with Gasteiger partial charge in [0, 0.05) is 43.8 Å². The molecule has 1 aliphatic carbocycles. The Labute approximate surface area is 186 Å². The topological polar surface area (TPSA) is 102 Å². The molecular formula is C23H26N6O3. The molecule has 0 bridgehead atoms. The maximum absolute atomic E-state index is 12.4. The first-order chi connectivity index (χ1) is 15.8. The fraction of sp³-hybridized carbons (Fsp3) is 0.435. The number of morpholine rings is 1. The SMILES string of the molecule is O=C(NC1CCC(Oc2nc(N3CCOCC3)cc3ncccc23)CC1)c1cncnc1. The van der Waals surface area contributed by atoms with Gasteiger partial charge in [-0.3, -0.25) is 9.78 Å². The van der Waals surface area contributed by atoms with Gasteiger partial charge in [-0.2, -0.15) is 4.98 Å². The number of nitrogens with one attached hydrogen (secondary N) is 1. The molecule has 32 heavy (non-hydrogen) atoms. The molecule has 166 valence electrons. The molecule has 3 aromatic heterocycles. The number of anilines is 1. The van der Waals surface area contributed by atoms with E-state index in [4.69, 9.17) is 14.5 Å². The van der Waals surface area contributed by atoms with Crippen LogP contribution in [-0.4, -0.2) is 64.3 Å². The number of hydrogen-bond donors (Lipinski definition) is 1. The van der Waals surface area contributed by atoms with E-state index in [9.17, 15) is 4.79 Å². The number of pyridine rings is 2. The third-order valence-electron chi connectivity index (χ3n) is 6.00. The summed E-state index contributed by atoms with van der Waals surface area (Å²) < 4.78 is 11.9. The number of fused-ring (bicyclic) bond motifs is 1. The lowest BCUT2D eigenvalue weighted by Crippen LogP contribution is -2.40. The Morgan fingerprint density at radius 3 is 2.69 bits per heavy atom. The number of carbonyl (C=O) groups excluding carboxylic acids is 1. The molecule has 0 aromatic carbocycles. The molecule has 2 aliphatic rings. The number of amides is 1. The van der Waals surface area contributed by atoms with Crippen molar-refractivity contribution in [3.8, 4) is 5.88 Å². The van der Waals surface area contributed by atoms with E-state index in [-0.39, 0.29) is 18.1 Å². The largest absolute Gasteiger partial charge is 0.474 e. The zero-order valence-electron chi connectivity index (χ0n) is 17.8. The summed E-state index contributed by atoms with van der Waals surface area (Å²) in [6, 6.07) is 6.05. The van der Waals surface area contributed by atoms with Crippen LogP contribution in [0.4, 0.5) is 5.82 Å². The number of aromatic nitrogens is 4. The lowest BCUT2D eigenvalue weighted by Gasteiger charge is -2.31.